The van der Waals surface area contributed by atoms with Gasteiger partial charge < -0.3 is 10.4 Å². The Morgan fingerprint density at radius 1 is 1.36 bits per heavy atom. The standard InChI is InChI=1S/C15H13FN2O3S/c16-10-4-2-1-3-9(10)13-17-7-11(22-13)12(19)18-8-15(5-6-15)14(20)21/h1-4,7H,5-6,8H2,(H,18,19)(H,20,21). The normalized spacial score (nSPS) is 15.3. The molecule has 1 heterocycles. The lowest BCUT2D eigenvalue weighted by molar-refractivity contribution is -0.143. The fourth-order valence-electron chi connectivity index (χ4n) is 2.09. The summed E-state index contributed by atoms with van der Waals surface area (Å²) in [6.07, 6.45) is 2.53. The number of benzene rings is 1. The molecule has 0 bridgehead atoms. The van der Waals surface area contributed by atoms with Gasteiger partial charge in [0.2, 0.25) is 0 Å². The summed E-state index contributed by atoms with van der Waals surface area (Å²) < 4.78 is 13.7. The van der Waals surface area contributed by atoms with Gasteiger partial charge in [-0.15, -0.1) is 11.3 Å². The highest BCUT2D eigenvalue weighted by atomic mass is 32.1. The van der Waals surface area contributed by atoms with Crippen molar-refractivity contribution in [3.8, 4) is 10.6 Å². The number of hydrogen-bond donors (Lipinski definition) is 2. The molecule has 1 saturated carbocycles. The summed E-state index contributed by atoms with van der Waals surface area (Å²) in [6, 6.07) is 6.21. The highest BCUT2D eigenvalue weighted by molar-refractivity contribution is 7.16. The molecule has 0 atom stereocenters. The van der Waals surface area contributed by atoms with Crippen LogP contribution in [0.3, 0.4) is 0 Å². The van der Waals surface area contributed by atoms with Gasteiger partial charge in [-0.25, -0.2) is 9.37 Å². The molecule has 7 heteroatoms. The molecular formula is C15H13FN2O3S. The van der Waals surface area contributed by atoms with E-state index in [9.17, 15) is 14.0 Å². The van der Waals surface area contributed by atoms with E-state index in [1.807, 2.05) is 0 Å². The van der Waals surface area contributed by atoms with E-state index in [0.717, 1.165) is 11.3 Å². The average Bonchev–Trinajstić information content (AvgIpc) is 3.15. The number of nitrogens with zero attached hydrogens (tertiary/aromatic N) is 1. The Bertz CT molecular complexity index is 740. The van der Waals surface area contributed by atoms with Gasteiger partial charge in [-0.2, -0.15) is 0 Å². The van der Waals surface area contributed by atoms with Gasteiger partial charge in [-0.1, -0.05) is 12.1 Å². The molecule has 0 radical (unpaired) electrons. The van der Waals surface area contributed by atoms with Gasteiger partial charge in [0, 0.05) is 12.1 Å². The quantitative estimate of drug-likeness (QED) is 0.887. The fourth-order valence-corrected chi connectivity index (χ4v) is 2.95. The van der Waals surface area contributed by atoms with E-state index in [2.05, 4.69) is 10.3 Å². The minimum absolute atomic E-state index is 0.105. The summed E-state index contributed by atoms with van der Waals surface area (Å²) in [5, 5.41) is 12.1. The van der Waals surface area contributed by atoms with E-state index < -0.39 is 17.2 Å². The molecular weight excluding hydrogens is 307 g/mol. The van der Waals surface area contributed by atoms with Crippen LogP contribution in [0.4, 0.5) is 4.39 Å². The lowest BCUT2D eigenvalue weighted by Gasteiger charge is -2.09. The Labute approximate surface area is 129 Å². The number of halogens is 1. The molecule has 1 aromatic carbocycles. The van der Waals surface area contributed by atoms with Crippen LogP contribution in [0.2, 0.25) is 0 Å². The van der Waals surface area contributed by atoms with Crippen molar-refractivity contribution in [2.45, 2.75) is 12.8 Å². The lowest BCUT2D eigenvalue weighted by Crippen LogP contribution is -2.33. The van der Waals surface area contributed by atoms with Crippen molar-refractivity contribution in [2.75, 3.05) is 6.54 Å². The van der Waals surface area contributed by atoms with E-state index in [-0.39, 0.29) is 12.5 Å². The second-order valence-corrected chi connectivity index (χ2v) is 6.31. The topological polar surface area (TPSA) is 79.3 Å². The summed E-state index contributed by atoms with van der Waals surface area (Å²) in [5.74, 6) is -1.66. The van der Waals surface area contributed by atoms with Gasteiger partial charge in [-0.3, -0.25) is 9.59 Å². The third kappa shape index (κ3) is 2.71. The van der Waals surface area contributed by atoms with Crippen LogP contribution in [0, 0.1) is 11.2 Å². The predicted molar refractivity (Wildman–Crippen MR) is 79.1 cm³/mol. The Morgan fingerprint density at radius 3 is 2.73 bits per heavy atom. The summed E-state index contributed by atoms with van der Waals surface area (Å²) in [6.45, 7) is 0.105. The van der Waals surface area contributed by atoms with E-state index >= 15 is 0 Å². The molecule has 2 N–H and O–H groups in total. The predicted octanol–water partition coefficient (Wildman–Crippen LogP) is 2.54. The first-order chi connectivity index (χ1) is 10.5. The SMILES string of the molecule is O=C(NCC1(C(=O)O)CC1)c1cnc(-c2ccccc2F)s1. The Hall–Kier alpha value is -2.28. The van der Waals surface area contributed by atoms with Gasteiger partial charge in [0.25, 0.3) is 5.91 Å². The minimum atomic E-state index is -0.885. The number of carbonyl (C=O) groups is 2. The monoisotopic (exact) mass is 320 g/mol. The number of carbonyl (C=O) groups excluding carboxylic acids is 1. The first-order valence-electron chi connectivity index (χ1n) is 6.74. The molecule has 1 amide bonds. The van der Waals surface area contributed by atoms with E-state index in [4.69, 9.17) is 5.11 Å². The van der Waals surface area contributed by atoms with Crippen molar-refractivity contribution in [3.63, 3.8) is 0 Å². The Morgan fingerprint density at radius 2 is 2.09 bits per heavy atom. The van der Waals surface area contributed by atoms with Gasteiger partial charge >= 0.3 is 5.97 Å². The minimum Gasteiger partial charge on any atom is -0.481 e. The van der Waals surface area contributed by atoms with Crippen molar-refractivity contribution < 1.29 is 19.1 Å². The van der Waals surface area contributed by atoms with Crippen molar-refractivity contribution in [1.82, 2.24) is 10.3 Å². The van der Waals surface area contributed by atoms with Gasteiger partial charge in [-0.05, 0) is 25.0 Å². The molecule has 0 spiro atoms. The van der Waals surface area contributed by atoms with Crippen molar-refractivity contribution in [1.29, 1.82) is 0 Å². The largest absolute Gasteiger partial charge is 0.481 e. The maximum Gasteiger partial charge on any atom is 0.311 e. The number of thiazole rings is 1. The smallest absolute Gasteiger partial charge is 0.311 e. The number of carboxylic acid groups (broad SMARTS) is 1. The maximum absolute atomic E-state index is 13.7. The summed E-state index contributed by atoms with van der Waals surface area (Å²) in [4.78, 5) is 27.5. The van der Waals surface area contributed by atoms with E-state index in [1.54, 1.807) is 18.2 Å². The molecule has 3 rings (SSSR count). The molecule has 114 valence electrons. The number of amides is 1. The molecule has 1 fully saturated rings. The fraction of sp³-hybridized carbons (Fsp3) is 0.267. The maximum atomic E-state index is 13.7. The van der Waals surface area contributed by atoms with Crippen molar-refractivity contribution >= 4 is 23.2 Å². The number of aromatic nitrogens is 1. The van der Waals surface area contributed by atoms with Crippen LogP contribution in [0.15, 0.2) is 30.5 Å². The van der Waals surface area contributed by atoms with Gasteiger partial charge in [0.15, 0.2) is 0 Å². The van der Waals surface area contributed by atoms with Crippen LogP contribution in [0.25, 0.3) is 10.6 Å². The molecule has 5 nitrogen and oxygen atoms in total. The molecule has 0 aliphatic heterocycles. The van der Waals surface area contributed by atoms with Crippen LogP contribution in [-0.2, 0) is 4.79 Å². The number of nitrogens with one attached hydrogen (secondary N) is 1. The van der Waals surface area contributed by atoms with E-state index in [1.165, 1.54) is 12.3 Å². The number of aliphatic carboxylic acids is 1. The third-order valence-electron chi connectivity index (χ3n) is 3.73. The molecule has 1 aliphatic rings. The second kappa shape index (κ2) is 5.49. The summed E-state index contributed by atoms with van der Waals surface area (Å²) in [5.41, 5.74) is -0.468. The molecule has 0 saturated heterocycles. The first-order valence-corrected chi connectivity index (χ1v) is 7.56. The van der Waals surface area contributed by atoms with E-state index in [0.29, 0.717) is 28.3 Å². The van der Waals surface area contributed by atoms with Crippen LogP contribution in [0.5, 0.6) is 0 Å². The number of hydrogen-bond acceptors (Lipinski definition) is 4. The molecule has 0 unspecified atom stereocenters. The zero-order chi connectivity index (χ0) is 15.7. The molecule has 1 aliphatic carbocycles. The van der Waals surface area contributed by atoms with Crippen molar-refractivity contribution in [2.24, 2.45) is 5.41 Å². The van der Waals surface area contributed by atoms with Crippen LogP contribution < -0.4 is 5.32 Å². The van der Waals surface area contributed by atoms with Crippen LogP contribution in [0.1, 0.15) is 22.5 Å². The molecule has 1 aromatic heterocycles. The summed E-state index contributed by atoms with van der Waals surface area (Å²) >= 11 is 1.08. The second-order valence-electron chi connectivity index (χ2n) is 5.28. The molecule has 2 aromatic rings. The number of rotatable bonds is 5. The van der Waals surface area contributed by atoms with Gasteiger partial charge in [0.1, 0.15) is 15.7 Å². The van der Waals surface area contributed by atoms with Gasteiger partial charge in [0.05, 0.1) is 11.6 Å². The highest BCUT2D eigenvalue weighted by Gasteiger charge is 2.50. The Kier molecular flexibility index (Phi) is 3.66. The summed E-state index contributed by atoms with van der Waals surface area (Å²) in [7, 11) is 0. The lowest BCUT2D eigenvalue weighted by atomic mass is 10.1. The number of carboxylic acids is 1. The zero-order valence-electron chi connectivity index (χ0n) is 11.5. The zero-order valence-corrected chi connectivity index (χ0v) is 12.3. The third-order valence-corrected chi connectivity index (χ3v) is 4.76. The first kappa shape index (κ1) is 14.6. The van der Waals surface area contributed by atoms with Crippen LogP contribution in [-0.4, -0.2) is 28.5 Å². The van der Waals surface area contributed by atoms with Crippen LogP contribution >= 0.6 is 11.3 Å². The van der Waals surface area contributed by atoms with Crippen molar-refractivity contribution in [3.05, 3.63) is 41.2 Å². The average molecular weight is 320 g/mol. The Balaban J connectivity index is 1.70. The molecule has 22 heavy (non-hydrogen) atoms. The highest BCUT2D eigenvalue weighted by Crippen LogP contribution is 2.45.